The normalized spacial score (nSPS) is 10.8. The Hall–Kier alpha value is -2.24. The van der Waals surface area contributed by atoms with Crippen molar-refractivity contribution in [1.29, 1.82) is 0 Å². The number of carbonyl (C=O) groups excluding carboxylic acids is 1. The SMILES string of the molecule is CC(C)CC(=O)NCCc1noc(-c2ccncc2)n1. The van der Waals surface area contributed by atoms with Gasteiger partial charge < -0.3 is 9.84 Å². The number of hydrogen-bond acceptors (Lipinski definition) is 5. The Morgan fingerprint density at radius 2 is 2.10 bits per heavy atom. The molecule has 1 amide bonds. The zero-order chi connectivity index (χ0) is 14.4. The van der Waals surface area contributed by atoms with Crippen molar-refractivity contribution in [3.63, 3.8) is 0 Å². The van der Waals surface area contributed by atoms with E-state index in [9.17, 15) is 4.79 Å². The van der Waals surface area contributed by atoms with Crippen LogP contribution in [0, 0.1) is 5.92 Å². The van der Waals surface area contributed by atoms with Crippen LogP contribution in [0.25, 0.3) is 11.5 Å². The zero-order valence-corrected chi connectivity index (χ0v) is 11.7. The van der Waals surface area contributed by atoms with Crippen LogP contribution in [0.15, 0.2) is 29.0 Å². The van der Waals surface area contributed by atoms with E-state index in [2.05, 4.69) is 20.4 Å². The number of pyridine rings is 1. The van der Waals surface area contributed by atoms with Crippen molar-refractivity contribution in [2.24, 2.45) is 5.92 Å². The second-order valence-corrected chi connectivity index (χ2v) is 4.95. The van der Waals surface area contributed by atoms with E-state index in [0.29, 0.717) is 37.0 Å². The monoisotopic (exact) mass is 274 g/mol. The van der Waals surface area contributed by atoms with Gasteiger partial charge in [-0.3, -0.25) is 9.78 Å². The van der Waals surface area contributed by atoms with E-state index >= 15 is 0 Å². The molecule has 0 atom stereocenters. The highest BCUT2D eigenvalue weighted by atomic mass is 16.5. The van der Waals surface area contributed by atoms with Crippen molar-refractivity contribution in [3.05, 3.63) is 30.4 Å². The summed E-state index contributed by atoms with van der Waals surface area (Å²) in [6.45, 7) is 4.54. The molecule has 0 aromatic carbocycles. The molecule has 0 unspecified atom stereocenters. The van der Waals surface area contributed by atoms with Crippen molar-refractivity contribution in [3.8, 4) is 11.5 Å². The molecule has 0 radical (unpaired) electrons. The first-order chi connectivity index (χ1) is 9.65. The smallest absolute Gasteiger partial charge is 0.258 e. The fourth-order valence-electron chi connectivity index (χ4n) is 1.72. The summed E-state index contributed by atoms with van der Waals surface area (Å²) in [5.74, 6) is 1.47. The molecule has 0 aliphatic carbocycles. The molecule has 2 aromatic heterocycles. The van der Waals surface area contributed by atoms with E-state index < -0.39 is 0 Å². The molecule has 2 rings (SSSR count). The standard InChI is InChI=1S/C14H18N4O2/c1-10(2)9-13(19)16-8-5-12-17-14(20-18-12)11-3-6-15-7-4-11/h3-4,6-7,10H,5,8-9H2,1-2H3,(H,16,19). The number of nitrogens with one attached hydrogen (secondary N) is 1. The maximum atomic E-state index is 11.5. The topological polar surface area (TPSA) is 80.9 Å². The van der Waals surface area contributed by atoms with Crippen molar-refractivity contribution in [1.82, 2.24) is 20.4 Å². The molecule has 6 nitrogen and oxygen atoms in total. The molecule has 0 saturated heterocycles. The number of hydrogen-bond donors (Lipinski definition) is 1. The molecule has 0 spiro atoms. The van der Waals surface area contributed by atoms with E-state index in [1.807, 2.05) is 26.0 Å². The highest BCUT2D eigenvalue weighted by Crippen LogP contribution is 2.15. The Kier molecular flexibility index (Phi) is 4.81. The van der Waals surface area contributed by atoms with E-state index in [0.717, 1.165) is 5.56 Å². The van der Waals surface area contributed by atoms with Gasteiger partial charge in [0.2, 0.25) is 5.91 Å². The minimum Gasteiger partial charge on any atom is -0.356 e. The van der Waals surface area contributed by atoms with Gasteiger partial charge in [0.25, 0.3) is 5.89 Å². The van der Waals surface area contributed by atoms with Crippen LogP contribution in [0.4, 0.5) is 0 Å². The van der Waals surface area contributed by atoms with Crippen LogP contribution in [0.3, 0.4) is 0 Å². The molecule has 0 aliphatic rings. The van der Waals surface area contributed by atoms with Gasteiger partial charge in [-0.15, -0.1) is 0 Å². The summed E-state index contributed by atoms with van der Waals surface area (Å²) in [5, 5.41) is 6.73. The molecule has 0 aliphatic heterocycles. The summed E-state index contributed by atoms with van der Waals surface area (Å²) < 4.78 is 5.17. The first kappa shape index (κ1) is 14.2. The van der Waals surface area contributed by atoms with E-state index in [1.54, 1.807) is 12.4 Å². The quantitative estimate of drug-likeness (QED) is 0.869. The van der Waals surface area contributed by atoms with Crippen LogP contribution >= 0.6 is 0 Å². The molecule has 106 valence electrons. The molecule has 20 heavy (non-hydrogen) atoms. The van der Waals surface area contributed by atoms with Crippen LogP contribution in [0.2, 0.25) is 0 Å². The molecule has 6 heteroatoms. The largest absolute Gasteiger partial charge is 0.356 e. The second kappa shape index (κ2) is 6.79. The van der Waals surface area contributed by atoms with Gasteiger partial charge in [0.15, 0.2) is 5.82 Å². The van der Waals surface area contributed by atoms with Crippen molar-refractivity contribution >= 4 is 5.91 Å². The third-order valence-electron chi connectivity index (χ3n) is 2.66. The number of amides is 1. The summed E-state index contributed by atoms with van der Waals surface area (Å²) in [7, 11) is 0. The Morgan fingerprint density at radius 1 is 1.35 bits per heavy atom. The number of carbonyl (C=O) groups is 1. The first-order valence-electron chi connectivity index (χ1n) is 6.65. The predicted octanol–water partition coefficient (Wildman–Crippen LogP) is 1.84. The summed E-state index contributed by atoms with van der Waals surface area (Å²) in [4.78, 5) is 19.7. The fraction of sp³-hybridized carbons (Fsp3) is 0.429. The molecule has 0 fully saturated rings. The minimum absolute atomic E-state index is 0.0536. The summed E-state index contributed by atoms with van der Waals surface area (Å²) in [5.41, 5.74) is 0.836. The van der Waals surface area contributed by atoms with Crippen LogP contribution in [-0.2, 0) is 11.2 Å². The lowest BCUT2D eigenvalue weighted by molar-refractivity contribution is -0.121. The number of aromatic nitrogens is 3. The van der Waals surface area contributed by atoms with E-state index in [-0.39, 0.29) is 5.91 Å². The summed E-state index contributed by atoms with van der Waals surface area (Å²) in [6, 6.07) is 3.61. The van der Waals surface area contributed by atoms with E-state index in [4.69, 9.17) is 4.52 Å². The van der Waals surface area contributed by atoms with E-state index in [1.165, 1.54) is 0 Å². The summed E-state index contributed by atoms with van der Waals surface area (Å²) in [6.07, 6.45) is 4.43. The summed E-state index contributed by atoms with van der Waals surface area (Å²) >= 11 is 0. The minimum atomic E-state index is 0.0536. The molecule has 2 heterocycles. The molecule has 0 saturated carbocycles. The zero-order valence-electron chi connectivity index (χ0n) is 11.7. The number of nitrogens with zero attached hydrogens (tertiary/aromatic N) is 3. The third kappa shape index (κ3) is 4.15. The Morgan fingerprint density at radius 3 is 2.80 bits per heavy atom. The number of rotatable bonds is 6. The lowest BCUT2D eigenvalue weighted by Gasteiger charge is -2.05. The van der Waals surface area contributed by atoms with Gasteiger partial charge in [0, 0.05) is 37.3 Å². The Bertz CT molecular complexity index is 551. The molecule has 2 aromatic rings. The van der Waals surface area contributed by atoms with Gasteiger partial charge in [-0.25, -0.2) is 0 Å². The van der Waals surface area contributed by atoms with Gasteiger partial charge >= 0.3 is 0 Å². The van der Waals surface area contributed by atoms with Gasteiger partial charge in [0.05, 0.1) is 0 Å². The fourth-order valence-corrected chi connectivity index (χ4v) is 1.72. The average molecular weight is 274 g/mol. The maximum absolute atomic E-state index is 11.5. The Labute approximate surface area is 117 Å². The second-order valence-electron chi connectivity index (χ2n) is 4.95. The molecule has 0 bridgehead atoms. The lowest BCUT2D eigenvalue weighted by Crippen LogP contribution is -2.26. The van der Waals surface area contributed by atoms with Gasteiger partial charge in [-0.1, -0.05) is 19.0 Å². The van der Waals surface area contributed by atoms with Crippen LogP contribution < -0.4 is 5.32 Å². The highest BCUT2D eigenvalue weighted by molar-refractivity contribution is 5.76. The first-order valence-corrected chi connectivity index (χ1v) is 6.65. The molecular weight excluding hydrogens is 256 g/mol. The maximum Gasteiger partial charge on any atom is 0.258 e. The van der Waals surface area contributed by atoms with Gasteiger partial charge in [0.1, 0.15) is 0 Å². The van der Waals surface area contributed by atoms with Crippen molar-refractivity contribution < 1.29 is 9.32 Å². The highest BCUT2D eigenvalue weighted by Gasteiger charge is 2.09. The van der Waals surface area contributed by atoms with Crippen LogP contribution in [0.1, 0.15) is 26.1 Å². The lowest BCUT2D eigenvalue weighted by atomic mass is 10.1. The Balaban J connectivity index is 1.83. The van der Waals surface area contributed by atoms with Gasteiger partial charge in [-0.05, 0) is 18.1 Å². The molecular formula is C14H18N4O2. The van der Waals surface area contributed by atoms with Crippen molar-refractivity contribution in [2.45, 2.75) is 26.7 Å². The van der Waals surface area contributed by atoms with Crippen LogP contribution in [-0.4, -0.2) is 27.6 Å². The average Bonchev–Trinajstić information content (AvgIpc) is 2.88. The van der Waals surface area contributed by atoms with Crippen LogP contribution in [0.5, 0.6) is 0 Å². The molecule has 1 N–H and O–H groups in total. The van der Waals surface area contributed by atoms with Crippen molar-refractivity contribution in [2.75, 3.05) is 6.54 Å². The van der Waals surface area contributed by atoms with Gasteiger partial charge in [-0.2, -0.15) is 4.98 Å². The third-order valence-corrected chi connectivity index (χ3v) is 2.66. The predicted molar refractivity (Wildman–Crippen MR) is 73.7 cm³/mol.